The van der Waals surface area contributed by atoms with Gasteiger partial charge in [-0.25, -0.2) is 0 Å². The molecule has 0 unspecified atom stereocenters. The molecule has 0 bridgehead atoms. The number of benzene rings is 2. The van der Waals surface area contributed by atoms with Crippen LogP contribution in [0.5, 0.6) is 0 Å². The molecular formula is C17H19N. The van der Waals surface area contributed by atoms with E-state index in [-0.39, 0.29) is 0 Å². The quantitative estimate of drug-likeness (QED) is 0.778. The van der Waals surface area contributed by atoms with Crippen LogP contribution in [-0.4, -0.2) is 6.54 Å². The molecule has 1 N–H and O–H groups in total. The molecular weight excluding hydrogens is 218 g/mol. The molecule has 3 rings (SSSR count). The summed E-state index contributed by atoms with van der Waals surface area (Å²) in [6.07, 6.45) is 2.43. The average molecular weight is 237 g/mol. The molecule has 0 aromatic heterocycles. The van der Waals surface area contributed by atoms with E-state index in [2.05, 4.69) is 55.6 Å². The van der Waals surface area contributed by atoms with Gasteiger partial charge in [0.05, 0.1) is 0 Å². The Labute approximate surface area is 109 Å². The van der Waals surface area contributed by atoms with Gasteiger partial charge in [0.1, 0.15) is 0 Å². The summed E-state index contributed by atoms with van der Waals surface area (Å²) < 4.78 is 0. The van der Waals surface area contributed by atoms with Crippen molar-refractivity contribution in [2.75, 3.05) is 11.9 Å². The van der Waals surface area contributed by atoms with Crippen LogP contribution in [0, 0.1) is 13.8 Å². The summed E-state index contributed by atoms with van der Waals surface area (Å²) in [6, 6.07) is 13.5. The van der Waals surface area contributed by atoms with Gasteiger partial charge in [0.25, 0.3) is 0 Å². The Hall–Kier alpha value is -1.76. The maximum Gasteiger partial charge on any atom is 0.0373 e. The molecule has 1 aliphatic rings. The molecule has 0 spiro atoms. The number of hydrogen-bond acceptors (Lipinski definition) is 1. The molecule has 0 atom stereocenters. The van der Waals surface area contributed by atoms with E-state index in [9.17, 15) is 0 Å². The Bertz CT molecular complexity index is 584. The van der Waals surface area contributed by atoms with Crippen LogP contribution in [0.4, 0.5) is 5.69 Å². The van der Waals surface area contributed by atoms with Crippen molar-refractivity contribution in [2.24, 2.45) is 0 Å². The van der Waals surface area contributed by atoms with Gasteiger partial charge in [0, 0.05) is 12.2 Å². The molecule has 1 nitrogen and oxygen atoms in total. The Kier molecular flexibility index (Phi) is 2.83. The van der Waals surface area contributed by atoms with Crippen molar-refractivity contribution >= 4 is 5.69 Å². The summed E-state index contributed by atoms with van der Waals surface area (Å²) in [5, 5.41) is 3.47. The number of rotatable bonds is 1. The van der Waals surface area contributed by atoms with Crippen molar-refractivity contribution in [2.45, 2.75) is 26.7 Å². The summed E-state index contributed by atoms with van der Waals surface area (Å²) in [5.74, 6) is 0. The van der Waals surface area contributed by atoms with Crippen LogP contribution in [0.1, 0.15) is 23.1 Å². The van der Waals surface area contributed by atoms with Gasteiger partial charge in [-0.05, 0) is 61.1 Å². The van der Waals surface area contributed by atoms with Gasteiger partial charge in [-0.2, -0.15) is 0 Å². The molecule has 2 aromatic rings. The van der Waals surface area contributed by atoms with E-state index in [1.165, 1.54) is 46.3 Å². The topological polar surface area (TPSA) is 12.0 Å². The van der Waals surface area contributed by atoms with E-state index < -0.39 is 0 Å². The second-order valence-electron chi connectivity index (χ2n) is 5.22. The fourth-order valence-electron chi connectivity index (χ4n) is 2.69. The lowest BCUT2D eigenvalue weighted by Crippen LogP contribution is -2.11. The fourth-order valence-corrected chi connectivity index (χ4v) is 2.69. The highest BCUT2D eigenvalue weighted by molar-refractivity contribution is 5.72. The molecule has 0 saturated heterocycles. The molecule has 0 aliphatic carbocycles. The molecule has 2 aromatic carbocycles. The molecule has 1 heteroatoms. The van der Waals surface area contributed by atoms with E-state index in [0.717, 1.165) is 6.54 Å². The van der Waals surface area contributed by atoms with Crippen molar-refractivity contribution in [3.05, 3.63) is 53.1 Å². The zero-order chi connectivity index (χ0) is 12.5. The highest BCUT2D eigenvalue weighted by Gasteiger charge is 2.10. The largest absolute Gasteiger partial charge is 0.385 e. The standard InChI is InChI=1S/C17H19N/c1-12-5-6-13(2)16(10-12)14-7-8-17-15(11-14)4-3-9-18-17/h5-8,10-11,18H,3-4,9H2,1-2H3. The third-order valence-corrected chi connectivity index (χ3v) is 3.75. The van der Waals surface area contributed by atoms with Gasteiger partial charge < -0.3 is 5.32 Å². The van der Waals surface area contributed by atoms with Crippen LogP contribution < -0.4 is 5.32 Å². The van der Waals surface area contributed by atoms with Crippen molar-refractivity contribution in [3.8, 4) is 11.1 Å². The summed E-state index contributed by atoms with van der Waals surface area (Å²) in [6.45, 7) is 5.45. The minimum absolute atomic E-state index is 1.11. The summed E-state index contributed by atoms with van der Waals surface area (Å²) in [5.41, 5.74) is 8.16. The van der Waals surface area contributed by atoms with Crippen LogP contribution in [0.25, 0.3) is 11.1 Å². The fraction of sp³-hybridized carbons (Fsp3) is 0.294. The van der Waals surface area contributed by atoms with Crippen molar-refractivity contribution in [3.63, 3.8) is 0 Å². The summed E-state index contributed by atoms with van der Waals surface area (Å²) in [4.78, 5) is 0. The number of nitrogens with one attached hydrogen (secondary N) is 1. The SMILES string of the molecule is Cc1ccc(C)c(-c2ccc3c(c2)CCCN3)c1. The first kappa shape index (κ1) is 11.3. The molecule has 0 amide bonds. The van der Waals surface area contributed by atoms with Crippen LogP contribution in [-0.2, 0) is 6.42 Å². The van der Waals surface area contributed by atoms with Crippen LogP contribution >= 0.6 is 0 Å². The lowest BCUT2D eigenvalue weighted by molar-refractivity contribution is 0.830. The van der Waals surface area contributed by atoms with Gasteiger partial charge in [0.15, 0.2) is 0 Å². The summed E-state index contributed by atoms with van der Waals surface area (Å²) >= 11 is 0. The van der Waals surface area contributed by atoms with Crippen LogP contribution in [0.2, 0.25) is 0 Å². The highest BCUT2D eigenvalue weighted by Crippen LogP contribution is 2.30. The van der Waals surface area contributed by atoms with E-state index in [4.69, 9.17) is 0 Å². The molecule has 18 heavy (non-hydrogen) atoms. The van der Waals surface area contributed by atoms with Gasteiger partial charge in [0.2, 0.25) is 0 Å². The van der Waals surface area contributed by atoms with Gasteiger partial charge in [-0.15, -0.1) is 0 Å². The maximum atomic E-state index is 3.47. The van der Waals surface area contributed by atoms with Crippen molar-refractivity contribution < 1.29 is 0 Å². The number of aryl methyl sites for hydroxylation is 3. The number of fused-ring (bicyclic) bond motifs is 1. The Morgan fingerprint density at radius 1 is 1.00 bits per heavy atom. The monoisotopic (exact) mass is 237 g/mol. The minimum Gasteiger partial charge on any atom is -0.385 e. The van der Waals surface area contributed by atoms with Gasteiger partial charge in [-0.1, -0.05) is 29.8 Å². The maximum absolute atomic E-state index is 3.47. The zero-order valence-electron chi connectivity index (χ0n) is 11.1. The molecule has 0 fully saturated rings. The predicted octanol–water partition coefficient (Wildman–Crippen LogP) is 4.33. The average Bonchev–Trinajstić information content (AvgIpc) is 2.41. The third-order valence-electron chi connectivity index (χ3n) is 3.75. The smallest absolute Gasteiger partial charge is 0.0373 e. The van der Waals surface area contributed by atoms with E-state index in [0.29, 0.717) is 0 Å². The first-order chi connectivity index (χ1) is 8.74. The summed E-state index contributed by atoms with van der Waals surface area (Å²) in [7, 11) is 0. The molecule has 1 aliphatic heterocycles. The predicted molar refractivity (Wildman–Crippen MR) is 78.2 cm³/mol. The van der Waals surface area contributed by atoms with E-state index in [1.54, 1.807) is 0 Å². The lowest BCUT2D eigenvalue weighted by atomic mass is 9.94. The first-order valence-corrected chi connectivity index (χ1v) is 6.68. The van der Waals surface area contributed by atoms with Crippen molar-refractivity contribution in [1.29, 1.82) is 0 Å². The molecule has 0 radical (unpaired) electrons. The van der Waals surface area contributed by atoms with E-state index in [1.807, 2.05) is 0 Å². The van der Waals surface area contributed by atoms with Crippen LogP contribution in [0.15, 0.2) is 36.4 Å². The first-order valence-electron chi connectivity index (χ1n) is 6.68. The zero-order valence-corrected chi connectivity index (χ0v) is 11.1. The third kappa shape index (κ3) is 2.01. The second-order valence-corrected chi connectivity index (χ2v) is 5.22. The van der Waals surface area contributed by atoms with Crippen molar-refractivity contribution in [1.82, 2.24) is 0 Å². The lowest BCUT2D eigenvalue weighted by Gasteiger charge is -2.19. The number of hydrogen-bond donors (Lipinski definition) is 1. The highest BCUT2D eigenvalue weighted by atomic mass is 14.9. The minimum atomic E-state index is 1.11. The normalized spacial score (nSPS) is 13.9. The van der Waals surface area contributed by atoms with Gasteiger partial charge >= 0.3 is 0 Å². The molecule has 1 heterocycles. The Morgan fingerprint density at radius 2 is 1.89 bits per heavy atom. The molecule has 0 saturated carbocycles. The van der Waals surface area contributed by atoms with Crippen LogP contribution in [0.3, 0.4) is 0 Å². The van der Waals surface area contributed by atoms with E-state index >= 15 is 0 Å². The number of anilines is 1. The van der Waals surface area contributed by atoms with Gasteiger partial charge in [-0.3, -0.25) is 0 Å². The Morgan fingerprint density at radius 3 is 2.78 bits per heavy atom. The Balaban J connectivity index is 2.09. The molecule has 92 valence electrons. The second kappa shape index (κ2) is 4.49.